The molecule has 1 fully saturated rings. The van der Waals surface area contributed by atoms with Crippen LogP contribution in [-0.2, 0) is 9.59 Å². The molecule has 1 aliphatic heterocycles. The van der Waals surface area contributed by atoms with Crippen LogP contribution >= 0.6 is 12.4 Å². The quantitative estimate of drug-likeness (QED) is 0.889. The van der Waals surface area contributed by atoms with E-state index >= 15 is 0 Å². The monoisotopic (exact) mass is 298 g/mol. The van der Waals surface area contributed by atoms with Crippen molar-refractivity contribution in [2.45, 2.75) is 13.3 Å². The first-order valence-electron chi connectivity index (χ1n) is 6.36. The van der Waals surface area contributed by atoms with Gasteiger partial charge in [-0.15, -0.1) is 12.4 Å². The number of rotatable bonds is 4. The van der Waals surface area contributed by atoms with E-state index in [-0.39, 0.29) is 30.8 Å². The maximum atomic E-state index is 11.8. The number of carbonyl (C=O) groups excluding carboxylic acids is 1. The molecule has 2 rings (SSSR count). The summed E-state index contributed by atoms with van der Waals surface area (Å²) in [6, 6.07) is 7.59. The number of likely N-dealkylation sites (tertiary alicyclic amines) is 1. The third-order valence-electron chi connectivity index (χ3n) is 3.32. The van der Waals surface area contributed by atoms with Crippen molar-refractivity contribution in [2.24, 2.45) is 5.92 Å². The second-order valence-corrected chi connectivity index (χ2v) is 4.97. The zero-order chi connectivity index (χ0) is 13.8. The summed E-state index contributed by atoms with van der Waals surface area (Å²) in [6.45, 7) is 3.36. The van der Waals surface area contributed by atoms with Gasteiger partial charge >= 0.3 is 5.97 Å². The molecule has 1 unspecified atom stereocenters. The van der Waals surface area contributed by atoms with Gasteiger partial charge < -0.3 is 10.4 Å². The Balaban J connectivity index is 0.00000200. The number of halogens is 1. The van der Waals surface area contributed by atoms with E-state index in [1.807, 2.05) is 36.1 Å². The topological polar surface area (TPSA) is 69.6 Å². The number of aliphatic carboxylic acids is 1. The highest BCUT2D eigenvalue weighted by atomic mass is 35.5. The Morgan fingerprint density at radius 3 is 2.55 bits per heavy atom. The van der Waals surface area contributed by atoms with E-state index in [1.165, 1.54) is 0 Å². The molecule has 0 bridgehead atoms. The third kappa shape index (κ3) is 4.51. The number of hydrogen-bond donors (Lipinski definition) is 2. The average molecular weight is 299 g/mol. The number of hydrogen-bond acceptors (Lipinski definition) is 3. The largest absolute Gasteiger partial charge is 0.481 e. The smallest absolute Gasteiger partial charge is 0.307 e. The predicted molar refractivity (Wildman–Crippen MR) is 79.2 cm³/mol. The summed E-state index contributed by atoms with van der Waals surface area (Å²) in [4.78, 5) is 24.5. The number of amides is 1. The molecule has 20 heavy (non-hydrogen) atoms. The molecule has 1 aromatic carbocycles. The summed E-state index contributed by atoms with van der Waals surface area (Å²) in [5, 5.41) is 11.7. The molecule has 1 aromatic rings. The van der Waals surface area contributed by atoms with E-state index < -0.39 is 5.97 Å². The van der Waals surface area contributed by atoms with Gasteiger partial charge in [-0.2, -0.15) is 0 Å². The summed E-state index contributed by atoms with van der Waals surface area (Å²) in [7, 11) is 0. The normalized spacial score (nSPS) is 18.4. The second kappa shape index (κ2) is 7.26. The number of aryl methyl sites for hydroxylation is 1. The number of nitrogens with zero attached hydrogens (tertiary/aromatic N) is 1. The molecule has 2 N–H and O–H groups in total. The van der Waals surface area contributed by atoms with Crippen molar-refractivity contribution in [3.8, 4) is 0 Å². The van der Waals surface area contributed by atoms with Crippen molar-refractivity contribution >= 4 is 30.0 Å². The maximum Gasteiger partial charge on any atom is 0.307 e. The van der Waals surface area contributed by atoms with Crippen LogP contribution < -0.4 is 5.32 Å². The number of nitrogens with one attached hydrogen (secondary N) is 1. The van der Waals surface area contributed by atoms with Gasteiger partial charge in [0.25, 0.3) is 0 Å². The Labute approximate surface area is 124 Å². The van der Waals surface area contributed by atoms with E-state index in [4.69, 9.17) is 5.11 Å². The zero-order valence-corrected chi connectivity index (χ0v) is 12.2. The predicted octanol–water partition coefficient (Wildman–Crippen LogP) is 1.76. The highest BCUT2D eigenvalue weighted by Crippen LogP contribution is 2.16. The molecular formula is C14H19ClN2O3. The lowest BCUT2D eigenvalue weighted by atomic mass is 10.1. The third-order valence-corrected chi connectivity index (χ3v) is 3.32. The van der Waals surface area contributed by atoms with Gasteiger partial charge in [0.05, 0.1) is 12.5 Å². The number of carboxylic acid groups (broad SMARTS) is 1. The molecule has 1 heterocycles. The summed E-state index contributed by atoms with van der Waals surface area (Å²) >= 11 is 0. The van der Waals surface area contributed by atoms with Crippen LogP contribution in [0.2, 0.25) is 0 Å². The van der Waals surface area contributed by atoms with Crippen molar-refractivity contribution in [3.05, 3.63) is 29.8 Å². The van der Waals surface area contributed by atoms with Crippen LogP contribution in [0.5, 0.6) is 0 Å². The highest BCUT2D eigenvalue weighted by molar-refractivity contribution is 5.92. The molecule has 1 saturated heterocycles. The molecule has 6 heteroatoms. The molecule has 110 valence electrons. The van der Waals surface area contributed by atoms with Crippen LogP contribution in [-0.4, -0.2) is 41.5 Å². The minimum Gasteiger partial charge on any atom is -0.481 e. The lowest BCUT2D eigenvalue weighted by molar-refractivity contribution is -0.141. The molecule has 0 spiro atoms. The number of anilines is 1. The van der Waals surface area contributed by atoms with Crippen LogP contribution in [0.1, 0.15) is 12.0 Å². The number of benzene rings is 1. The maximum absolute atomic E-state index is 11.8. The fraction of sp³-hybridized carbons (Fsp3) is 0.429. The second-order valence-electron chi connectivity index (χ2n) is 4.97. The van der Waals surface area contributed by atoms with Crippen LogP contribution in [0, 0.1) is 12.8 Å². The van der Waals surface area contributed by atoms with E-state index in [0.717, 1.165) is 11.3 Å². The van der Waals surface area contributed by atoms with E-state index in [0.29, 0.717) is 19.5 Å². The van der Waals surface area contributed by atoms with Crippen LogP contribution in [0.15, 0.2) is 24.3 Å². The summed E-state index contributed by atoms with van der Waals surface area (Å²) in [5.74, 6) is -1.22. The molecule has 1 aliphatic rings. The minimum atomic E-state index is -0.776. The highest BCUT2D eigenvalue weighted by Gasteiger charge is 2.28. The molecule has 0 aliphatic carbocycles. The molecule has 5 nitrogen and oxygen atoms in total. The van der Waals surface area contributed by atoms with Gasteiger partial charge in [-0.25, -0.2) is 0 Å². The van der Waals surface area contributed by atoms with Crippen molar-refractivity contribution in [1.29, 1.82) is 0 Å². The molecule has 0 aromatic heterocycles. The van der Waals surface area contributed by atoms with Crippen LogP contribution in [0.4, 0.5) is 5.69 Å². The number of carboxylic acids is 1. The summed E-state index contributed by atoms with van der Waals surface area (Å²) < 4.78 is 0. The standard InChI is InChI=1S/C14H18N2O3.ClH/c1-10-2-4-12(5-3-10)15-13(17)9-16-7-6-11(8-16)14(18)19;/h2-5,11H,6-9H2,1H3,(H,15,17)(H,18,19);1H. The van der Waals surface area contributed by atoms with Gasteiger partial charge in [-0.1, -0.05) is 17.7 Å². The average Bonchev–Trinajstić information content (AvgIpc) is 2.80. The molecular weight excluding hydrogens is 280 g/mol. The van der Waals surface area contributed by atoms with Gasteiger partial charge in [0.1, 0.15) is 0 Å². The van der Waals surface area contributed by atoms with Gasteiger partial charge in [0.2, 0.25) is 5.91 Å². The van der Waals surface area contributed by atoms with Crippen LogP contribution in [0.25, 0.3) is 0 Å². The van der Waals surface area contributed by atoms with Gasteiger partial charge in [-0.05, 0) is 32.0 Å². The van der Waals surface area contributed by atoms with Gasteiger partial charge in [0.15, 0.2) is 0 Å². The fourth-order valence-corrected chi connectivity index (χ4v) is 2.22. The lowest BCUT2D eigenvalue weighted by Gasteiger charge is -2.14. The van der Waals surface area contributed by atoms with Gasteiger partial charge in [-0.3, -0.25) is 14.5 Å². The zero-order valence-electron chi connectivity index (χ0n) is 11.3. The molecule has 0 saturated carbocycles. The number of carbonyl (C=O) groups is 2. The molecule has 0 radical (unpaired) electrons. The molecule has 1 atom stereocenters. The minimum absolute atomic E-state index is 0. The summed E-state index contributed by atoms with van der Waals surface area (Å²) in [6.07, 6.45) is 0.618. The first-order chi connectivity index (χ1) is 9.04. The Bertz CT molecular complexity index is 476. The van der Waals surface area contributed by atoms with Crippen molar-refractivity contribution in [1.82, 2.24) is 4.90 Å². The van der Waals surface area contributed by atoms with E-state index in [1.54, 1.807) is 0 Å². The Kier molecular flexibility index (Phi) is 5.98. The first kappa shape index (κ1) is 16.5. The lowest BCUT2D eigenvalue weighted by Crippen LogP contribution is -2.32. The van der Waals surface area contributed by atoms with Crippen molar-refractivity contribution in [2.75, 3.05) is 25.0 Å². The fourth-order valence-electron chi connectivity index (χ4n) is 2.22. The van der Waals surface area contributed by atoms with Gasteiger partial charge in [0, 0.05) is 12.2 Å². The van der Waals surface area contributed by atoms with E-state index in [9.17, 15) is 9.59 Å². The summed E-state index contributed by atoms with van der Waals surface area (Å²) in [5.41, 5.74) is 1.91. The van der Waals surface area contributed by atoms with Crippen molar-refractivity contribution < 1.29 is 14.7 Å². The Hall–Kier alpha value is -1.59. The van der Waals surface area contributed by atoms with Crippen molar-refractivity contribution in [3.63, 3.8) is 0 Å². The first-order valence-corrected chi connectivity index (χ1v) is 6.36. The van der Waals surface area contributed by atoms with E-state index in [2.05, 4.69) is 5.32 Å². The Morgan fingerprint density at radius 2 is 2.00 bits per heavy atom. The SMILES string of the molecule is Cc1ccc(NC(=O)CN2CCC(C(=O)O)C2)cc1.Cl. The Morgan fingerprint density at radius 1 is 1.35 bits per heavy atom. The molecule has 1 amide bonds. The van der Waals surface area contributed by atoms with Crippen LogP contribution in [0.3, 0.4) is 0 Å².